The van der Waals surface area contributed by atoms with Crippen molar-refractivity contribution in [2.45, 2.75) is 19.2 Å². The highest BCUT2D eigenvalue weighted by Gasteiger charge is 2.34. The van der Waals surface area contributed by atoms with Crippen molar-refractivity contribution in [2.75, 3.05) is 7.11 Å². The van der Waals surface area contributed by atoms with E-state index < -0.39 is 23.8 Å². The number of carbonyl (C=O) groups excluding carboxylic acids is 1. The molecule has 3 aromatic carbocycles. The summed E-state index contributed by atoms with van der Waals surface area (Å²) < 4.78 is 52.8. The fourth-order valence-electron chi connectivity index (χ4n) is 3.61. The van der Waals surface area contributed by atoms with Gasteiger partial charge >= 0.3 is 12.1 Å². The first-order chi connectivity index (χ1) is 15.7. The molecule has 0 aliphatic heterocycles. The number of nitrogens with zero attached hydrogens (tertiary/aromatic N) is 2. The Hall–Kier alpha value is -4.01. The molecule has 0 bridgehead atoms. The van der Waals surface area contributed by atoms with Crippen LogP contribution in [0.2, 0.25) is 0 Å². The largest absolute Gasteiger partial charge is 0.508 e. The summed E-state index contributed by atoms with van der Waals surface area (Å²) in [4.78, 5) is 16.5. The molecule has 0 radical (unpaired) electrons. The Kier molecular flexibility index (Phi) is 5.71. The Morgan fingerprint density at radius 2 is 1.85 bits per heavy atom. The van der Waals surface area contributed by atoms with E-state index in [-0.39, 0.29) is 22.6 Å². The summed E-state index contributed by atoms with van der Waals surface area (Å²) in [7, 11) is 1.21. The molecule has 33 heavy (non-hydrogen) atoms. The van der Waals surface area contributed by atoms with Gasteiger partial charge in [-0.05, 0) is 37.3 Å². The standard InChI is InChI=1S/C24H19F3N2O4/c1-14(17-5-3-4-6-19(17)24(25,26)27)33-22-11-15(7-9-18(22)23(31)32-2)29-13-28-20-12-16(30)8-10-21(20)29/h3-14,30H,1-2H3. The monoisotopic (exact) mass is 456 g/mol. The molecule has 0 saturated heterocycles. The predicted molar refractivity (Wildman–Crippen MR) is 115 cm³/mol. The summed E-state index contributed by atoms with van der Waals surface area (Å²) in [5.74, 6) is -0.562. The summed E-state index contributed by atoms with van der Waals surface area (Å²) in [5, 5.41) is 9.67. The molecule has 0 fully saturated rings. The van der Waals surface area contributed by atoms with Gasteiger partial charge in [0.15, 0.2) is 0 Å². The van der Waals surface area contributed by atoms with E-state index in [9.17, 15) is 23.1 Å². The molecular formula is C24H19F3N2O4. The number of benzene rings is 3. The fraction of sp³-hybridized carbons (Fsp3) is 0.167. The molecule has 9 heteroatoms. The topological polar surface area (TPSA) is 73.6 Å². The molecule has 6 nitrogen and oxygen atoms in total. The summed E-state index contributed by atoms with van der Waals surface area (Å²) in [6, 6.07) is 14.5. The third kappa shape index (κ3) is 4.34. The molecule has 1 aromatic heterocycles. The SMILES string of the molecule is COC(=O)c1ccc(-n2cnc3cc(O)ccc32)cc1OC(C)c1ccccc1C(F)(F)F. The highest BCUT2D eigenvalue weighted by atomic mass is 19.4. The minimum absolute atomic E-state index is 0.0597. The van der Waals surface area contributed by atoms with E-state index in [1.165, 1.54) is 62.8 Å². The maximum absolute atomic E-state index is 13.5. The second kappa shape index (κ2) is 8.50. The van der Waals surface area contributed by atoms with Gasteiger partial charge in [0.05, 0.1) is 29.4 Å². The van der Waals surface area contributed by atoms with Crippen LogP contribution in [0.5, 0.6) is 11.5 Å². The van der Waals surface area contributed by atoms with Gasteiger partial charge in [-0.1, -0.05) is 18.2 Å². The first kappa shape index (κ1) is 22.2. The normalized spacial score (nSPS) is 12.5. The summed E-state index contributed by atoms with van der Waals surface area (Å²) in [6.45, 7) is 1.48. The second-order valence-corrected chi connectivity index (χ2v) is 7.30. The number of alkyl halides is 3. The molecular weight excluding hydrogens is 437 g/mol. The number of imidazole rings is 1. The van der Waals surface area contributed by atoms with Crippen LogP contribution in [-0.4, -0.2) is 27.7 Å². The summed E-state index contributed by atoms with van der Waals surface area (Å²) in [6.07, 6.45) is -4.04. The van der Waals surface area contributed by atoms with Gasteiger partial charge in [0.2, 0.25) is 0 Å². The number of hydrogen-bond donors (Lipinski definition) is 1. The molecule has 0 aliphatic rings. The number of hydrogen-bond acceptors (Lipinski definition) is 5. The number of methoxy groups -OCH3 is 1. The van der Waals surface area contributed by atoms with Crippen molar-refractivity contribution in [3.8, 4) is 17.2 Å². The number of halogens is 3. The summed E-state index contributed by atoms with van der Waals surface area (Å²) in [5.41, 5.74) is 0.979. The smallest absolute Gasteiger partial charge is 0.416 e. The van der Waals surface area contributed by atoms with Crippen LogP contribution in [-0.2, 0) is 10.9 Å². The molecule has 1 unspecified atom stereocenters. The number of ether oxygens (including phenoxy) is 2. The van der Waals surface area contributed by atoms with Crippen molar-refractivity contribution in [1.29, 1.82) is 0 Å². The van der Waals surface area contributed by atoms with E-state index in [1.807, 2.05) is 0 Å². The number of rotatable bonds is 5. The van der Waals surface area contributed by atoms with E-state index in [4.69, 9.17) is 9.47 Å². The summed E-state index contributed by atoms with van der Waals surface area (Å²) >= 11 is 0. The lowest BCUT2D eigenvalue weighted by Gasteiger charge is -2.21. The Balaban J connectivity index is 1.78. The lowest BCUT2D eigenvalue weighted by Crippen LogP contribution is -2.15. The molecule has 4 rings (SSSR count). The molecule has 4 aromatic rings. The molecule has 1 heterocycles. The first-order valence-corrected chi connectivity index (χ1v) is 9.90. The highest BCUT2D eigenvalue weighted by molar-refractivity contribution is 5.93. The predicted octanol–water partition coefficient (Wildman–Crippen LogP) is 5.68. The average molecular weight is 456 g/mol. The van der Waals surface area contributed by atoms with Crippen molar-refractivity contribution in [1.82, 2.24) is 9.55 Å². The van der Waals surface area contributed by atoms with Gasteiger partial charge in [0.25, 0.3) is 0 Å². The van der Waals surface area contributed by atoms with Crippen LogP contribution in [0.4, 0.5) is 13.2 Å². The van der Waals surface area contributed by atoms with Gasteiger partial charge in [-0.2, -0.15) is 13.2 Å². The van der Waals surface area contributed by atoms with Crippen LogP contribution in [0.25, 0.3) is 16.7 Å². The van der Waals surface area contributed by atoms with E-state index in [0.717, 1.165) is 6.07 Å². The zero-order valence-corrected chi connectivity index (χ0v) is 17.6. The minimum atomic E-state index is -4.55. The molecule has 1 N–H and O–H groups in total. The average Bonchev–Trinajstić information content (AvgIpc) is 3.21. The van der Waals surface area contributed by atoms with Crippen LogP contribution in [0.1, 0.15) is 34.5 Å². The van der Waals surface area contributed by atoms with Gasteiger partial charge in [-0.25, -0.2) is 9.78 Å². The third-order valence-corrected chi connectivity index (χ3v) is 5.19. The lowest BCUT2D eigenvalue weighted by atomic mass is 10.0. The van der Waals surface area contributed by atoms with E-state index >= 15 is 0 Å². The van der Waals surface area contributed by atoms with Crippen LogP contribution in [0.15, 0.2) is 67.0 Å². The van der Waals surface area contributed by atoms with Crippen LogP contribution >= 0.6 is 0 Å². The Labute approximate surface area is 186 Å². The quantitative estimate of drug-likeness (QED) is 0.392. The van der Waals surface area contributed by atoms with E-state index in [2.05, 4.69) is 4.98 Å². The number of aromatic hydroxyl groups is 1. The molecule has 0 aliphatic carbocycles. The number of aromatic nitrogens is 2. The highest BCUT2D eigenvalue weighted by Crippen LogP contribution is 2.37. The molecule has 0 amide bonds. The van der Waals surface area contributed by atoms with Gasteiger partial charge in [-0.15, -0.1) is 0 Å². The van der Waals surface area contributed by atoms with Gasteiger partial charge in [0, 0.05) is 17.7 Å². The number of fused-ring (bicyclic) bond motifs is 1. The number of esters is 1. The van der Waals surface area contributed by atoms with Gasteiger partial charge < -0.3 is 14.6 Å². The lowest BCUT2D eigenvalue weighted by molar-refractivity contribution is -0.139. The third-order valence-electron chi connectivity index (χ3n) is 5.19. The van der Waals surface area contributed by atoms with Crippen molar-refractivity contribution < 1.29 is 32.5 Å². The molecule has 170 valence electrons. The number of phenolic OH excluding ortho intramolecular Hbond substituents is 1. The Morgan fingerprint density at radius 3 is 2.58 bits per heavy atom. The number of phenols is 1. The Bertz CT molecular complexity index is 1330. The van der Waals surface area contributed by atoms with E-state index in [0.29, 0.717) is 16.7 Å². The molecule has 0 saturated carbocycles. The van der Waals surface area contributed by atoms with Crippen molar-refractivity contribution in [3.63, 3.8) is 0 Å². The number of carbonyl (C=O) groups is 1. The van der Waals surface area contributed by atoms with Gasteiger partial charge in [-0.3, -0.25) is 4.57 Å². The van der Waals surface area contributed by atoms with Crippen LogP contribution < -0.4 is 4.74 Å². The maximum atomic E-state index is 13.5. The second-order valence-electron chi connectivity index (χ2n) is 7.30. The zero-order chi connectivity index (χ0) is 23.8. The first-order valence-electron chi connectivity index (χ1n) is 9.90. The van der Waals surface area contributed by atoms with E-state index in [1.54, 1.807) is 16.7 Å². The molecule has 1 atom stereocenters. The molecule has 0 spiro atoms. The fourth-order valence-corrected chi connectivity index (χ4v) is 3.61. The zero-order valence-electron chi connectivity index (χ0n) is 17.6. The van der Waals surface area contributed by atoms with Crippen LogP contribution in [0.3, 0.4) is 0 Å². The van der Waals surface area contributed by atoms with Crippen LogP contribution in [0, 0.1) is 0 Å². The Morgan fingerprint density at radius 1 is 1.09 bits per heavy atom. The van der Waals surface area contributed by atoms with Crippen molar-refractivity contribution >= 4 is 17.0 Å². The van der Waals surface area contributed by atoms with Gasteiger partial charge in [0.1, 0.15) is 29.5 Å². The minimum Gasteiger partial charge on any atom is -0.508 e. The van der Waals surface area contributed by atoms with Crippen molar-refractivity contribution in [3.05, 3.63) is 83.7 Å². The van der Waals surface area contributed by atoms with Crippen molar-refractivity contribution in [2.24, 2.45) is 0 Å². The maximum Gasteiger partial charge on any atom is 0.416 e.